The second-order valence-electron chi connectivity index (χ2n) is 9.26. The van der Waals surface area contributed by atoms with Gasteiger partial charge in [0, 0.05) is 17.9 Å². The lowest BCUT2D eigenvalue weighted by atomic mass is 9.59. The third kappa shape index (κ3) is 4.19. The molecular formula is C21H32O10. The molecule has 0 unspecified atom stereocenters. The van der Waals surface area contributed by atoms with Crippen molar-refractivity contribution in [3.63, 3.8) is 0 Å². The van der Waals surface area contributed by atoms with Crippen LogP contribution in [0, 0.1) is 5.41 Å². The van der Waals surface area contributed by atoms with Crippen LogP contribution in [0.2, 0.25) is 0 Å². The van der Waals surface area contributed by atoms with Crippen molar-refractivity contribution in [1.29, 1.82) is 0 Å². The van der Waals surface area contributed by atoms with Gasteiger partial charge in [0.15, 0.2) is 0 Å². The van der Waals surface area contributed by atoms with Gasteiger partial charge in [-0.2, -0.15) is 0 Å². The number of rotatable bonds is 5. The largest absolute Gasteiger partial charge is 0.430 e. The second-order valence-corrected chi connectivity index (χ2v) is 9.26. The van der Waals surface area contributed by atoms with E-state index < -0.39 is 66.0 Å². The van der Waals surface area contributed by atoms with Crippen LogP contribution in [0.25, 0.3) is 0 Å². The van der Waals surface area contributed by atoms with Crippen molar-refractivity contribution in [2.75, 3.05) is 13.2 Å². The third-order valence-corrected chi connectivity index (χ3v) is 6.76. The van der Waals surface area contributed by atoms with Crippen LogP contribution in [0.5, 0.6) is 0 Å². The van der Waals surface area contributed by atoms with Crippen LogP contribution in [-0.4, -0.2) is 97.8 Å². The molecule has 2 saturated heterocycles. The molecule has 1 aliphatic carbocycles. The zero-order valence-electron chi connectivity index (χ0n) is 17.8. The van der Waals surface area contributed by atoms with Crippen molar-refractivity contribution in [1.82, 2.24) is 0 Å². The van der Waals surface area contributed by atoms with Crippen LogP contribution >= 0.6 is 0 Å². The van der Waals surface area contributed by atoms with E-state index in [1.165, 1.54) is 0 Å². The molecule has 2 aliphatic heterocycles. The van der Waals surface area contributed by atoms with E-state index in [0.29, 0.717) is 18.6 Å². The molecule has 2 heterocycles. The molecule has 1 saturated carbocycles. The van der Waals surface area contributed by atoms with Crippen molar-refractivity contribution in [2.45, 2.75) is 81.6 Å². The van der Waals surface area contributed by atoms with Gasteiger partial charge in [-0.1, -0.05) is 13.0 Å². The Kier molecular flexibility index (Phi) is 6.68. The molecule has 0 aromatic carbocycles. The number of esters is 1. The van der Waals surface area contributed by atoms with Gasteiger partial charge in [-0.3, -0.25) is 0 Å². The first-order valence-corrected chi connectivity index (χ1v) is 10.3. The fraction of sp³-hybridized carbons (Fsp3) is 0.762. The van der Waals surface area contributed by atoms with Crippen LogP contribution in [0.15, 0.2) is 23.8 Å². The Balaban J connectivity index is 1.69. The monoisotopic (exact) mass is 444 g/mol. The molecule has 176 valence electrons. The number of carbonyl (C=O) groups is 1. The first-order valence-electron chi connectivity index (χ1n) is 10.3. The second kappa shape index (κ2) is 8.53. The fourth-order valence-electron chi connectivity index (χ4n) is 4.82. The van der Waals surface area contributed by atoms with E-state index in [9.17, 15) is 35.4 Å². The maximum Gasteiger partial charge on any atom is 0.333 e. The van der Waals surface area contributed by atoms with Crippen LogP contribution in [0.1, 0.15) is 33.6 Å². The first kappa shape index (κ1) is 24.3. The van der Waals surface area contributed by atoms with E-state index >= 15 is 0 Å². The Morgan fingerprint density at radius 1 is 1.13 bits per heavy atom. The maximum atomic E-state index is 12.2. The van der Waals surface area contributed by atoms with Gasteiger partial charge in [-0.15, -0.1) is 0 Å². The van der Waals surface area contributed by atoms with Crippen LogP contribution in [0.4, 0.5) is 0 Å². The van der Waals surface area contributed by atoms with Crippen LogP contribution in [-0.2, 0) is 19.0 Å². The smallest absolute Gasteiger partial charge is 0.333 e. The maximum absolute atomic E-state index is 12.2. The third-order valence-electron chi connectivity index (χ3n) is 6.76. The number of allylic oxidation sites excluding steroid dienone is 2. The van der Waals surface area contributed by atoms with Gasteiger partial charge in [0.2, 0.25) is 6.29 Å². The highest BCUT2D eigenvalue weighted by Crippen LogP contribution is 2.57. The summed E-state index contributed by atoms with van der Waals surface area (Å²) in [6.45, 7) is 4.86. The number of fused-ring (bicyclic) bond motifs is 2. The van der Waals surface area contributed by atoms with Gasteiger partial charge in [0.25, 0.3) is 0 Å². The molecule has 0 amide bonds. The molecular weight excluding hydrogens is 412 g/mol. The minimum Gasteiger partial charge on any atom is -0.430 e. The Labute approximate surface area is 180 Å². The van der Waals surface area contributed by atoms with Gasteiger partial charge in [-0.25, -0.2) is 4.79 Å². The average molecular weight is 444 g/mol. The number of ether oxygens (including phenoxy) is 3. The summed E-state index contributed by atoms with van der Waals surface area (Å²) in [5, 5.41) is 60.2. The van der Waals surface area contributed by atoms with Crippen LogP contribution in [0.3, 0.4) is 0 Å². The number of carbonyl (C=O) groups excluding carboxylic acids is 1. The molecule has 0 radical (unpaired) electrons. The van der Waals surface area contributed by atoms with E-state index in [4.69, 9.17) is 14.2 Å². The highest BCUT2D eigenvalue weighted by molar-refractivity contribution is 5.83. The Morgan fingerprint density at radius 2 is 1.81 bits per heavy atom. The molecule has 0 spiro atoms. The summed E-state index contributed by atoms with van der Waals surface area (Å²) in [5.41, 5.74) is -2.57. The van der Waals surface area contributed by atoms with Crippen molar-refractivity contribution >= 4 is 5.97 Å². The number of aliphatic hydroxyl groups is 6. The van der Waals surface area contributed by atoms with Crippen molar-refractivity contribution < 1.29 is 49.6 Å². The zero-order valence-corrected chi connectivity index (χ0v) is 17.8. The molecule has 10 heteroatoms. The summed E-state index contributed by atoms with van der Waals surface area (Å²) in [7, 11) is 0. The van der Waals surface area contributed by atoms with Crippen molar-refractivity contribution in [2.24, 2.45) is 5.41 Å². The molecule has 0 aromatic rings. The van der Waals surface area contributed by atoms with Gasteiger partial charge >= 0.3 is 5.97 Å². The molecule has 3 fully saturated rings. The van der Waals surface area contributed by atoms with E-state index in [0.717, 1.165) is 6.08 Å². The lowest BCUT2D eigenvalue weighted by Crippen LogP contribution is -2.60. The van der Waals surface area contributed by atoms with E-state index in [2.05, 4.69) is 0 Å². The Hall–Kier alpha value is -1.37. The number of aliphatic hydroxyl groups excluding tert-OH is 5. The summed E-state index contributed by atoms with van der Waals surface area (Å²) in [4.78, 5) is 12.2. The quantitative estimate of drug-likeness (QED) is 0.167. The average Bonchev–Trinajstić information content (AvgIpc) is 2.79. The summed E-state index contributed by atoms with van der Waals surface area (Å²) in [5.74, 6) is -0.880. The summed E-state index contributed by atoms with van der Waals surface area (Å²) in [6, 6.07) is 0. The predicted molar refractivity (Wildman–Crippen MR) is 105 cm³/mol. The summed E-state index contributed by atoms with van der Waals surface area (Å²) in [6.07, 6.45) is -3.31. The van der Waals surface area contributed by atoms with Gasteiger partial charge in [-0.05, 0) is 31.9 Å². The fourth-order valence-corrected chi connectivity index (χ4v) is 4.82. The molecule has 9 atom stereocenters. The highest BCUT2D eigenvalue weighted by atomic mass is 16.7. The van der Waals surface area contributed by atoms with E-state index in [1.807, 2.05) is 6.92 Å². The predicted octanol–water partition coefficient (Wildman–Crippen LogP) is -1.49. The standard InChI is InChI=1S/C21H32O10/c1-11(4-5-21(28)19(2)7-12(23)8-20(21,3)29-10-19)6-14(24)31-18-17(27)16(26)15(25)13(9-22)30-18/h4-6,12-13,15-18,22-23,25-28H,7-10H2,1-3H3/b5-4+,11-6+/t12-,13+,15+,16-,17+,18-,19+,20-,21-/m0/s1. The topological polar surface area (TPSA) is 166 Å². The van der Waals surface area contributed by atoms with Gasteiger partial charge < -0.3 is 44.8 Å². The lowest BCUT2D eigenvalue weighted by molar-refractivity contribution is -0.291. The molecule has 10 nitrogen and oxygen atoms in total. The normalized spacial score (nSPS) is 48.2. The van der Waals surface area contributed by atoms with Gasteiger partial charge in [0.05, 0.1) is 19.3 Å². The zero-order chi connectivity index (χ0) is 23.2. The van der Waals surface area contributed by atoms with E-state index in [1.54, 1.807) is 26.0 Å². The number of hydrogen-bond acceptors (Lipinski definition) is 10. The number of hydrogen-bond donors (Lipinski definition) is 6. The summed E-state index contributed by atoms with van der Waals surface area (Å²) >= 11 is 0. The molecule has 2 bridgehead atoms. The first-order chi connectivity index (χ1) is 14.4. The molecule has 6 N–H and O–H groups in total. The minimum atomic E-state index is -1.69. The van der Waals surface area contributed by atoms with Crippen molar-refractivity contribution in [3.8, 4) is 0 Å². The SMILES string of the molecule is CC(/C=C/[C@]1(O)[C@@]2(C)CO[C@@]1(C)C[C@@H](O)C2)=C\C(=O)O[C@@H]1O[C@H](CO)[C@@H](O)[C@H](O)[C@H]1O. The molecule has 3 aliphatic rings. The summed E-state index contributed by atoms with van der Waals surface area (Å²) < 4.78 is 16.0. The Morgan fingerprint density at radius 3 is 2.42 bits per heavy atom. The van der Waals surface area contributed by atoms with Crippen LogP contribution < -0.4 is 0 Å². The molecule has 3 rings (SSSR count). The van der Waals surface area contributed by atoms with Gasteiger partial charge in [0.1, 0.15) is 35.6 Å². The van der Waals surface area contributed by atoms with E-state index in [-0.39, 0.29) is 6.42 Å². The van der Waals surface area contributed by atoms with Crippen molar-refractivity contribution in [3.05, 3.63) is 23.8 Å². The molecule has 0 aromatic heterocycles. The highest BCUT2D eigenvalue weighted by Gasteiger charge is 2.67. The lowest BCUT2D eigenvalue weighted by Gasteiger charge is -2.49. The molecule has 31 heavy (non-hydrogen) atoms. The Bertz CT molecular complexity index is 728. The minimum absolute atomic E-state index is 0.283.